The van der Waals surface area contributed by atoms with Crippen LogP contribution >= 0.6 is 0 Å². The standard InChI is InChI=1S/C24H32N2O4/c1-24(2,3)30-23(27)26-14-11-17(12-15-26)22(19-8-6-7-13-25-19)18-9-10-20(28-4)21(16-18)29-5/h6-10,13,16-17,22H,11-12,14-15H2,1-5H3. The van der Waals surface area contributed by atoms with Crippen molar-refractivity contribution >= 4 is 6.09 Å². The average Bonchev–Trinajstić information content (AvgIpc) is 2.74. The molecule has 1 unspecified atom stereocenters. The molecule has 0 saturated carbocycles. The van der Waals surface area contributed by atoms with Crippen LogP contribution in [0.3, 0.4) is 0 Å². The molecule has 0 aliphatic carbocycles. The molecule has 3 rings (SSSR count). The van der Waals surface area contributed by atoms with Gasteiger partial charge in [-0.2, -0.15) is 0 Å². The van der Waals surface area contributed by atoms with Crippen molar-refractivity contribution in [3.8, 4) is 11.5 Å². The number of carbonyl (C=O) groups is 1. The molecule has 162 valence electrons. The van der Waals surface area contributed by atoms with Gasteiger partial charge in [-0.15, -0.1) is 0 Å². The zero-order chi connectivity index (χ0) is 21.7. The summed E-state index contributed by atoms with van der Waals surface area (Å²) in [6.45, 7) is 7.04. The second-order valence-electron chi connectivity index (χ2n) is 8.65. The maximum absolute atomic E-state index is 12.4. The lowest BCUT2D eigenvalue weighted by atomic mass is 9.78. The summed E-state index contributed by atoms with van der Waals surface area (Å²) < 4.78 is 16.5. The van der Waals surface area contributed by atoms with Crippen LogP contribution in [0.2, 0.25) is 0 Å². The Morgan fingerprint density at radius 2 is 1.77 bits per heavy atom. The van der Waals surface area contributed by atoms with Crippen molar-refractivity contribution < 1.29 is 19.0 Å². The third-order valence-corrected chi connectivity index (χ3v) is 5.44. The Balaban J connectivity index is 1.83. The molecule has 1 fully saturated rings. The first-order chi connectivity index (χ1) is 14.3. The van der Waals surface area contributed by atoms with Crippen molar-refractivity contribution in [2.75, 3.05) is 27.3 Å². The smallest absolute Gasteiger partial charge is 0.410 e. The number of piperidine rings is 1. The SMILES string of the molecule is COc1ccc(C(c2ccccn2)C2CCN(C(=O)OC(C)(C)C)CC2)cc1OC. The Kier molecular flexibility index (Phi) is 6.85. The number of hydrogen-bond acceptors (Lipinski definition) is 5. The van der Waals surface area contributed by atoms with E-state index in [9.17, 15) is 4.79 Å². The third-order valence-electron chi connectivity index (χ3n) is 5.44. The molecule has 0 N–H and O–H groups in total. The number of benzene rings is 1. The van der Waals surface area contributed by atoms with Crippen LogP contribution in [0.15, 0.2) is 42.6 Å². The van der Waals surface area contributed by atoms with E-state index in [0.29, 0.717) is 30.5 Å². The average molecular weight is 413 g/mol. The molecule has 0 radical (unpaired) electrons. The summed E-state index contributed by atoms with van der Waals surface area (Å²) in [6, 6.07) is 12.1. The lowest BCUT2D eigenvalue weighted by Gasteiger charge is -2.37. The highest BCUT2D eigenvalue weighted by Crippen LogP contribution is 2.40. The number of likely N-dealkylation sites (tertiary alicyclic amines) is 1. The van der Waals surface area contributed by atoms with Gasteiger partial charge < -0.3 is 19.1 Å². The van der Waals surface area contributed by atoms with Gasteiger partial charge in [-0.1, -0.05) is 12.1 Å². The Morgan fingerprint density at radius 1 is 1.07 bits per heavy atom. The normalized spacial score (nSPS) is 16.1. The number of rotatable bonds is 5. The topological polar surface area (TPSA) is 60.9 Å². The highest BCUT2D eigenvalue weighted by atomic mass is 16.6. The van der Waals surface area contributed by atoms with Crippen molar-refractivity contribution in [2.24, 2.45) is 5.92 Å². The minimum atomic E-state index is -0.482. The Hall–Kier alpha value is -2.76. The molecule has 1 atom stereocenters. The van der Waals surface area contributed by atoms with E-state index in [1.165, 1.54) is 0 Å². The molecular formula is C24H32N2O4. The quantitative estimate of drug-likeness (QED) is 0.701. The van der Waals surface area contributed by atoms with E-state index in [4.69, 9.17) is 14.2 Å². The van der Waals surface area contributed by atoms with Crippen LogP contribution in [-0.4, -0.2) is 48.9 Å². The fourth-order valence-corrected chi connectivity index (χ4v) is 4.03. The molecule has 0 bridgehead atoms. The van der Waals surface area contributed by atoms with Crippen LogP contribution in [0.25, 0.3) is 0 Å². The number of carbonyl (C=O) groups excluding carboxylic acids is 1. The summed E-state index contributed by atoms with van der Waals surface area (Å²) in [4.78, 5) is 18.9. The van der Waals surface area contributed by atoms with E-state index < -0.39 is 5.60 Å². The zero-order valence-corrected chi connectivity index (χ0v) is 18.6. The molecule has 0 spiro atoms. The number of nitrogens with zero attached hydrogens (tertiary/aromatic N) is 2. The summed E-state index contributed by atoms with van der Waals surface area (Å²) >= 11 is 0. The Labute approximate surface area is 179 Å². The molecule has 30 heavy (non-hydrogen) atoms. The number of methoxy groups -OCH3 is 2. The van der Waals surface area contributed by atoms with E-state index in [0.717, 1.165) is 24.1 Å². The van der Waals surface area contributed by atoms with Gasteiger partial charge in [-0.25, -0.2) is 4.79 Å². The molecular weight excluding hydrogens is 380 g/mol. The number of ether oxygens (including phenoxy) is 3. The lowest BCUT2D eigenvalue weighted by Crippen LogP contribution is -2.42. The Morgan fingerprint density at radius 3 is 2.33 bits per heavy atom. The van der Waals surface area contributed by atoms with Crippen molar-refractivity contribution in [1.82, 2.24) is 9.88 Å². The van der Waals surface area contributed by atoms with E-state index >= 15 is 0 Å². The van der Waals surface area contributed by atoms with E-state index in [-0.39, 0.29) is 12.0 Å². The maximum atomic E-state index is 12.4. The maximum Gasteiger partial charge on any atom is 0.410 e. The summed E-state index contributed by atoms with van der Waals surface area (Å²) in [5.74, 6) is 1.89. The first kappa shape index (κ1) is 21.9. The van der Waals surface area contributed by atoms with Crippen LogP contribution in [0.4, 0.5) is 4.79 Å². The van der Waals surface area contributed by atoms with Crippen molar-refractivity contribution in [3.05, 3.63) is 53.9 Å². The molecule has 2 heterocycles. The van der Waals surface area contributed by atoms with Crippen LogP contribution in [0.5, 0.6) is 11.5 Å². The molecule has 1 amide bonds. The van der Waals surface area contributed by atoms with Gasteiger partial charge in [-0.3, -0.25) is 4.98 Å². The predicted molar refractivity (Wildman–Crippen MR) is 116 cm³/mol. The molecule has 2 aromatic rings. The van der Waals surface area contributed by atoms with Crippen LogP contribution in [0, 0.1) is 5.92 Å². The van der Waals surface area contributed by atoms with Crippen LogP contribution in [-0.2, 0) is 4.74 Å². The minimum Gasteiger partial charge on any atom is -0.493 e. The van der Waals surface area contributed by atoms with E-state index in [2.05, 4.69) is 17.1 Å². The number of amides is 1. The highest BCUT2D eigenvalue weighted by molar-refractivity contribution is 5.68. The summed E-state index contributed by atoms with van der Waals surface area (Å²) in [7, 11) is 3.29. The molecule has 1 aliphatic heterocycles. The molecule has 6 heteroatoms. The predicted octanol–water partition coefficient (Wildman–Crippen LogP) is 4.88. The van der Waals surface area contributed by atoms with E-state index in [1.807, 2.05) is 56.1 Å². The highest BCUT2D eigenvalue weighted by Gasteiger charge is 2.33. The number of pyridine rings is 1. The molecule has 1 aliphatic rings. The van der Waals surface area contributed by atoms with Crippen molar-refractivity contribution in [2.45, 2.75) is 45.1 Å². The summed E-state index contributed by atoms with van der Waals surface area (Å²) in [5, 5.41) is 0. The van der Waals surface area contributed by atoms with Gasteiger partial charge in [0.15, 0.2) is 11.5 Å². The number of aromatic nitrogens is 1. The second kappa shape index (κ2) is 9.37. The van der Waals surface area contributed by atoms with Gasteiger partial charge in [0.2, 0.25) is 0 Å². The van der Waals surface area contributed by atoms with Gasteiger partial charge in [0, 0.05) is 30.9 Å². The fourth-order valence-electron chi connectivity index (χ4n) is 4.03. The monoisotopic (exact) mass is 412 g/mol. The summed E-state index contributed by atoms with van der Waals surface area (Å²) in [5.41, 5.74) is 1.69. The first-order valence-electron chi connectivity index (χ1n) is 10.4. The van der Waals surface area contributed by atoms with Crippen LogP contribution in [0.1, 0.15) is 50.8 Å². The zero-order valence-electron chi connectivity index (χ0n) is 18.6. The molecule has 1 aromatic carbocycles. The largest absolute Gasteiger partial charge is 0.493 e. The molecule has 6 nitrogen and oxygen atoms in total. The molecule has 1 aromatic heterocycles. The minimum absolute atomic E-state index is 0.117. The van der Waals surface area contributed by atoms with Gasteiger partial charge >= 0.3 is 6.09 Å². The van der Waals surface area contributed by atoms with Crippen LogP contribution < -0.4 is 9.47 Å². The van der Waals surface area contributed by atoms with Gasteiger partial charge in [-0.05, 0) is 69.4 Å². The number of hydrogen-bond donors (Lipinski definition) is 0. The van der Waals surface area contributed by atoms with Gasteiger partial charge in [0.25, 0.3) is 0 Å². The summed E-state index contributed by atoms with van der Waals surface area (Å²) in [6.07, 6.45) is 3.37. The molecule has 1 saturated heterocycles. The van der Waals surface area contributed by atoms with Crippen molar-refractivity contribution in [1.29, 1.82) is 0 Å². The third kappa shape index (κ3) is 5.23. The van der Waals surface area contributed by atoms with E-state index in [1.54, 1.807) is 14.2 Å². The fraction of sp³-hybridized carbons (Fsp3) is 0.500. The second-order valence-corrected chi connectivity index (χ2v) is 8.65. The Bertz CT molecular complexity index is 840. The van der Waals surface area contributed by atoms with Gasteiger partial charge in [0.1, 0.15) is 5.60 Å². The van der Waals surface area contributed by atoms with Gasteiger partial charge in [0.05, 0.1) is 14.2 Å². The lowest BCUT2D eigenvalue weighted by molar-refractivity contribution is 0.0178. The first-order valence-corrected chi connectivity index (χ1v) is 10.4. The van der Waals surface area contributed by atoms with Crippen molar-refractivity contribution in [3.63, 3.8) is 0 Å².